The van der Waals surface area contributed by atoms with Crippen LogP contribution in [0.1, 0.15) is 0 Å². The van der Waals surface area contributed by atoms with Gasteiger partial charge in [-0.25, -0.2) is 15.0 Å². The summed E-state index contributed by atoms with van der Waals surface area (Å²) in [6.07, 6.45) is 0. The van der Waals surface area contributed by atoms with Crippen LogP contribution in [0.25, 0.3) is 105 Å². The van der Waals surface area contributed by atoms with E-state index in [0.29, 0.717) is 17.5 Å². The standard InChI is InChI=1S/C49H30N4O/c1-2-10-33(11-3-1)47-50-48(52-49(51-47)37-24-27-41-40-15-7-9-17-45(40)54-46(41)30-37)34-20-18-31(19-21-34)32-22-25-38(26-23-32)53-43-16-8-6-14-39(43)42-28-35-12-4-5-13-36(35)29-44(42)53/h1-30H. The fraction of sp³-hybridized carbons (Fsp3) is 0. The third-order valence-corrected chi connectivity index (χ3v) is 10.4. The molecule has 0 amide bonds. The number of nitrogens with zero attached hydrogens (tertiary/aromatic N) is 4. The summed E-state index contributed by atoms with van der Waals surface area (Å²) < 4.78 is 8.58. The van der Waals surface area contributed by atoms with Crippen LogP contribution in [0.4, 0.5) is 0 Å². The van der Waals surface area contributed by atoms with Gasteiger partial charge in [0.1, 0.15) is 11.2 Å². The number of rotatable bonds is 5. The highest BCUT2D eigenvalue weighted by Gasteiger charge is 2.16. The highest BCUT2D eigenvalue weighted by molar-refractivity contribution is 6.13. The highest BCUT2D eigenvalue weighted by atomic mass is 16.3. The monoisotopic (exact) mass is 690 g/mol. The number of hydrogen-bond acceptors (Lipinski definition) is 4. The number of fused-ring (bicyclic) bond motifs is 7. The first kappa shape index (κ1) is 30.3. The Kier molecular flexibility index (Phi) is 6.79. The Balaban J connectivity index is 0.959. The van der Waals surface area contributed by atoms with E-state index in [1.807, 2.05) is 54.6 Å². The summed E-state index contributed by atoms with van der Waals surface area (Å²) in [6, 6.07) is 63.5. The molecule has 8 aromatic carbocycles. The molecule has 0 spiro atoms. The predicted octanol–water partition coefficient (Wildman–Crippen LogP) is 12.7. The molecule has 252 valence electrons. The quantitative estimate of drug-likeness (QED) is 0.180. The molecule has 0 radical (unpaired) electrons. The molecule has 0 atom stereocenters. The highest BCUT2D eigenvalue weighted by Crippen LogP contribution is 2.36. The molecule has 5 heteroatoms. The van der Waals surface area contributed by atoms with Crippen molar-refractivity contribution >= 4 is 54.5 Å². The molecule has 11 rings (SSSR count). The molecule has 3 aromatic heterocycles. The van der Waals surface area contributed by atoms with Crippen molar-refractivity contribution in [1.82, 2.24) is 19.5 Å². The third kappa shape index (κ3) is 4.98. The van der Waals surface area contributed by atoms with Gasteiger partial charge in [-0.3, -0.25) is 0 Å². The van der Waals surface area contributed by atoms with Crippen LogP contribution in [0, 0.1) is 0 Å². The van der Waals surface area contributed by atoms with E-state index in [-0.39, 0.29) is 0 Å². The molecule has 0 saturated carbocycles. The van der Waals surface area contributed by atoms with E-state index >= 15 is 0 Å². The van der Waals surface area contributed by atoms with Crippen LogP contribution in [-0.2, 0) is 0 Å². The lowest BCUT2D eigenvalue weighted by Gasteiger charge is -2.11. The Morgan fingerprint density at radius 1 is 0.333 bits per heavy atom. The van der Waals surface area contributed by atoms with Gasteiger partial charge in [0, 0.05) is 43.9 Å². The van der Waals surface area contributed by atoms with Crippen molar-refractivity contribution in [3.8, 4) is 51.0 Å². The Labute approximate surface area is 310 Å². The van der Waals surface area contributed by atoms with E-state index < -0.39 is 0 Å². The molecule has 0 aliphatic heterocycles. The number of benzene rings is 8. The van der Waals surface area contributed by atoms with E-state index in [9.17, 15) is 0 Å². The lowest BCUT2D eigenvalue weighted by molar-refractivity contribution is 0.669. The van der Waals surface area contributed by atoms with Crippen LogP contribution >= 0.6 is 0 Å². The van der Waals surface area contributed by atoms with Crippen LogP contribution in [0.5, 0.6) is 0 Å². The van der Waals surface area contributed by atoms with Gasteiger partial charge in [0.2, 0.25) is 0 Å². The summed E-state index contributed by atoms with van der Waals surface area (Å²) in [7, 11) is 0. The van der Waals surface area contributed by atoms with Crippen LogP contribution in [0.15, 0.2) is 186 Å². The molecule has 0 aliphatic rings. The minimum absolute atomic E-state index is 0.596. The smallest absolute Gasteiger partial charge is 0.164 e. The third-order valence-electron chi connectivity index (χ3n) is 10.4. The number of para-hydroxylation sites is 2. The molecular formula is C49H30N4O. The van der Waals surface area contributed by atoms with Gasteiger partial charge in [-0.15, -0.1) is 0 Å². The molecule has 0 bridgehead atoms. The molecular weight excluding hydrogens is 661 g/mol. The molecule has 0 unspecified atom stereocenters. The maximum absolute atomic E-state index is 6.21. The van der Waals surface area contributed by atoms with Crippen LogP contribution in [0.3, 0.4) is 0 Å². The van der Waals surface area contributed by atoms with Gasteiger partial charge in [0.15, 0.2) is 17.5 Å². The second-order valence-electron chi connectivity index (χ2n) is 13.7. The maximum Gasteiger partial charge on any atom is 0.164 e. The van der Waals surface area contributed by atoms with Gasteiger partial charge < -0.3 is 8.98 Å². The van der Waals surface area contributed by atoms with Gasteiger partial charge in [-0.1, -0.05) is 133 Å². The first-order chi connectivity index (χ1) is 26.7. The fourth-order valence-electron chi connectivity index (χ4n) is 7.76. The van der Waals surface area contributed by atoms with Crippen molar-refractivity contribution in [1.29, 1.82) is 0 Å². The van der Waals surface area contributed by atoms with Crippen molar-refractivity contribution in [2.45, 2.75) is 0 Å². The van der Waals surface area contributed by atoms with Crippen molar-refractivity contribution in [2.75, 3.05) is 0 Å². The normalized spacial score (nSPS) is 11.7. The van der Waals surface area contributed by atoms with Crippen molar-refractivity contribution in [3.05, 3.63) is 182 Å². The summed E-state index contributed by atoms with van der Waals surface area (Å²) >= 11 is 0. The molecule has 5 nitrogen and oxygen atoms in total. The molecule has 11 aromatic rings. The average molecular weight is 691 g/mol. The van der Waals surface area contributed by atoms with E-state index in [1.165, 1.54) is 32.6 Å². The van der Waals surface area contributed by atoms with E-state index in [4.69, 9.17) is 19.4 Å². The van der Waals surface area contributed by atoms with Crippen molar-refractivity contribution < 1.29 is 4.42 Å². The topological polar surface area (TPSA) is 56.7 Å². The molecule has 54 heavy (non-hydrogen) atoms. The van der Waals surface area contributed by atoms with Gasteiger partial charge in [0.25, 0.3) is 0 Å². The second-order valence-corrected chi connectivity index (χ2v) is 13.7. The number of furan rings is 1. The van der Waals surface area contributed by atoms with Gasteiger partial charge in [0.05, 0.1) is 11.0 Å². The number of hydrogen-bond donors (Lipinski definition) is 0. The molecule has 0 aliphatic carbocycles. The molecule has 3 heterocycles. The van der Waals surface area contributed by atoms with Crippen molar-refractivity contribution in [2.24, 2.45) is 0 Å². The Bertz CT molecular complexity index is 3200. The fourth-order valence-corrected chi connectivity index (χ4v) is 7.76. The van der Waals surface area contributed by atoms with E-state index in [2.05, 4.69) is 132 Å². The zero-order valence-electron chi connectivity index (χ0n) is 29.0. The van der Waals surface area contributed by atoms with E-state index in [1.54, 1.807) is 0 Å². The summed E-state index contributed by atoms with van der Waals surface area (Å²) in [6.45, 7) is 0. The summed E-state index contributed by atoms with van der Waals surface area (Å²) in [5.41, 5.74) is 10.2. The lowest BCUT2D eigenvalue weighted by atomic mass is 10.0. The minimum Gasteiger partial charge on any atom is -0.456 e. The SMILES string of the molecule is c1ccc(-c2nc(-c3ccc(-c4ccc(-n5c6ccccc6c6cc7ccccc7cc65)cc4)cc3)nc(-c3ccc4c(c3)oc3ccccc34)n2)cc1. The van der Waals surface area contributed by atoms with Crippen LogP contribution in [0.2, 0.25) is 0 Å². The van der Waals surface area contributed by atoms with Crippen LogP contribution < -0.4 is 0 Å². The molecule has 0 fully saturated rings. The first-order valence-corrected chi connectivity index (χ1v) is 18.1. The largest absolute Gasteiger partial charge is 0.456 e. The summed E-state index contributed by atoms with van der Waals surface area (Å²) in [4.78, 5) is 14.9. The molecule has 0 N–H and O–H groups in total. The zero-order valence-corrected chi connectivity index (χ0v) is 29.0. The van der Waals surface area contributed by atoms with E-state index in [0.717, 1.165) is 55.4 Å². The predicted molar refractivity (Wildman–Crippen MR) is 221 cm³/mol. The summed E-state index contributed by atoms with van der Waals surface area (Å²) in [5, 5.41) is 7.16. The average Bonchev–Trinajstić information content (AvgIpc) is 3.78. The van der Waals surface area contributed by atoms with Gasteiger partial charge >= 0.3 is 0 Å². The Morgan fingerprint density at radius 2 is 0.870 bits per heavy atom. The van der Waals surface area contributed by atoms with Gasteiger partial charge in [-0.2, -0.15) is 0 Å². The van der Waals surface area contributed by atoms with Crippen molar-refractivity contribution in [3.63, 3.8) is 0 Å². The lowest BCUT2D eigenvalue weighted by Crippen LogP contribution is -2.00. The summed E-state index contributed by atoms with van der Waals surface area (Å²) in [5.74, 6) is 1.83. The minimum atomic E-state index is 0.596. The van der Waals surface area contributed by atoms with Crippen LogP contribution in [-0.4, -0.2) is 19.5 Å². The molecule has 0 saturated heterocycles. The number of aromatic nitrogens is 4. The zero-order chi connectivity index (χ0) is 35.6. The van der Waals surface area contributed by atoms with Gasteiger partial charge in [-0.05, 0) is 70.4 Å². The first-order valence-electron chi connectivity index (χ1n) is 18.1. The maximum atomic E-state index is 6.21. The Hall–Kier alpha value is -7.37. The second kappa shape index (κ2) is 12.1. The Morgan fingerprint density at radius 3 is 1.63 bits per heavy atom.